The van der Waals surface area contributed by atoms with E-state index in [1.807, 2.05) is 30.4 Å². The molecule has 2 aliphatic carbocycles. The molecular formula is C13H12N2O2. The minimum Gasteiger partial charge on any atom is -0.481 e. The molecule has 1 aromatic heterocycles. The van der Waals surface area contributed by atoms with Gasteiger partial charge in [-0.05, 0) is 11.6 Å². The number of aromatic nitrogens is 2. The van der Waals surface area contributed by atoms with Crippen LogP contribution in [-0.4, -0.2) is 21.3 Å². The molecule has 3 rings (SSSR count). The van der Waals surface area contributed by atoms with Gasteiger partial charge in [-0.15, -0.1) is 0 Å². The molecule has 2 atom stereocenters. The fourth-order valence-electron chi connectivity index (χ4n) is 2.53. The Hall–Kier alpha value is -2.10. The van der Waals surface area contributed by atoms with E-state index < -0.39 is 17.3 Å². The molecule has 2 unspecified atom stereocenters. The number of carboxylic acids is 1. The predicted molar refractivity (Wildman–Crippen MR) is 63.2 cm³/mol. The zero-order valence-electron chi connectivity index (χ0n) is 9.34. The summed E-state index contributed by atoms with van der Waals surface area (Å²) in [6.07, 6.45) is 11.5. The predicted octanol–water partition coefficient (Wildman–Crippen LogP) is 0.188. The van der Waals surface area contributed by atoms with E-state index in [1.165, 1.54) is 0 Å². The van der Waals surface area contributed by atoms with Crippen LogP contribution in [0.3, 0.4) is 0 Å². The van der Waals surface area contributed by atoms with Gasteiger partial charge in [0.05, 0.1) is 17.5 Å². The van der Waals surface area contributed by atoms with Crippen LogP contribution in [0.1, 0.15) is 6.92 Å². The largest absolute Gasteiger partial charge is 0.481 e. The maximum Gasteiger partial charge on any atom is 0.307 e. The van der Waals surface area contributed by atoms with E-state index in [-0.39, 0.29) is 0 Å². The Morgan fingerprint density at radius 1 is 1.59 bits per heavy atom. The molecule has 1 aromatic rings. The smallest absolute Gasteiger partial charge is 0.307 e. The highest BCUT2D eigenvalue weighted by molar-refractivity contribution is 5.79. The second-order valence-electron chi connectivity index (χ2n) is 4.50. The Bertz CT molecular complexity index is 666. The van der Waals surface area contributed by atoms with Crippen molar-refractivity contribution in [2.45, 2.75) is 6.92 Å². The molecule has 0 aliphatic heterocycles. The number of fused-ring (bicyclic) bond motifs is 2. The lowest BCUT2D eigenvalue weighted by molar-refractivity contribution is -0.142. The summed E-state index contributed by atoms with van der Waals surface area (Å²) in [7, 11) is 0. The average Bonchev–Trinajstić information content (AvgIpc) is 2.89. The quantitative estimate of drug-likeness (QED) is 0.759. The molecule has 0 saturated heterocycles. The van der Waals surface area contributed by atoms with Gasteiger partial charge in [0.2, 0.25) is 0 Å². The SMILES string of the molecule is CC(C(=O)O)C12C=CC=C1C=c1[nH]ncc1=C2. The number of aliphatic carboxylic acids is 1. The van der Waals surface area contributed by atoms with Gasteiger partial charge in [-0.2, -0.15) is 5.10 Å². The third-order valence-electron chi connectivity index (χ3n) is 3.63. The molecule has 0 bridgehead atoms. The Morgan fingerprint density at radius 3 is 3.18 bits per heavy atom. The summed E-state index contributed by atoms with van der Waals surface area (Å²) >= 11 is 0. The number of carbonyl (C=O) groups is 1. The van der Waals surface area contributed by atoms with E-state index >= 15 is 0 Å². The second kappa shape index (κ2) is 3.20. The molecule has 0 radical (unpaired) electrons. The van der Waals surface area contributed by atoms with Gasteiger partial charge in [0.1, 0.15) is 0 Å². The van der Waals surface area contributed by atoms with E-state index in [1.54, 1.807) is 13.1 Å². The van der Waals surface area contributed by atoms with Crippen LogP contribution in [0.25, 0.3) is 12.2 Å². The number of H-pyrrole nitrogens is 1. The van der Waals surface area contributed by atoms with E-state index in [4.69, 9.17) is 0 Å². The van der Waals surface area contributed by atoms with Gasteiger partial charge in [-0.1, -0.05) is 31.2 Å². The fraction of sp³-hybridized carbons (Fsp3) is 0.231. The average molecular weight is 228 g/mol. The summed E-state index contributed by atoms with van der Waals surface area (Å²) in [4.78, 5) is 11.3. The monoisotopic (exact) mass is 228 g/mol. The first-order chi connectivity index (χ1) is 8.13. The molecular weight excluding hydrogens is 216 g/mol. The number of hydrogen-bond acceptors (Lipinski definition) is 2. The lowest BCUT2D eigenvalue weighted by Crippen LogP contribution is -2.39. The normalized spacial score (nSPS) is 26.3. The highest BCUT2D eigenvalue weighted by Crippen LogP contribution is 2.44. The zero-order chi connectivity index (χ0) is 12.0. The molecule has 4 heteroatoms. The fourth-order valence-corrected chi connectivity index (χ4v) is 2.53. The number of aromatic amines is 1. The van der Waals surface area contributed by atoms with Crippen LogP contribution in [-0.2, 0) is 4.79 Å². The minimum absolute atomic E-state index is 0.494. The second-order valence-corrected chi connectivity index (χ2v) is 4.50. The molecule has 2 aliphatic rings. The zero-order valence-corrected chi connectivity index (χ0v) is 9.34. The summed E-state index contributed by atoms with van der Waals surface area (Å²) in [5, 5.41) is 18.0. The molecule has 17 heavy (non-hydrogen) atoms. The molecule has 0 spiro atoms. The summed E-state index contributed by atoms with van der Waals surface area (Å²) in [5.74, 6) is -1.29. The van der Waals surface area contributed by atoms with Crippen LogP contribution in [0.5, 0.6) is 0 Å². The third-order valence-corrected chi connectivity index (χ3v) is 3.63. The van der Waals surface area contributed by atoms with E-state index in [0.717, 1.165) is 16.1 Å². The topological polar surface area (TPSA) is 66.0 Å². The number of nitrogens with zero attached hydrogens (tertiary/aromatic N) is 1. The van der Waals surface area contributed by atoms with Gasteiger partial charge in [-0.3, -0.25) is 9.89 Å². The van der Waals surface area contributed by atoms with Gasteiger partial charge in [0, 0.05) is 10.6 Å². The Balaban J connectivity index is 2.27. The van der Waals surface area contributed by atoms with E-state index in [0.29, 0.717) is 0 Å². The molecule has 4 nitrogen and oxygen atoms in total. The maximum absolute atomic E-state index is 11.3. The molecule has 1 heterocycles. The van der Waals surface area contributed by atoms with Gasteiger partial charge < -0.3 is 5.11 Å². The summed E-state index contributed by atoms with van der Waals surface area (Å²) < 4.78 is 0. The van der Waals surface area contributed by atoms with Crippen LogP contribution < -0.4 is 10.6 Å². The molecule has 86 valence electrons. The van der Waals surface area contributed by atoms with Crippen LogP contribution in [0.15, 0.2) is 30.0 Å². The molecule has 0 amide bonds. The van der Waals surface area contributed by atoms with Crippen LogP contribution >= 0.6 is 0 Å². The number of carboxylic acid groups (broad SMARTS) is 1. The van der Waals surface area contributed by atoms with Gasteiger partial charge >= 0.3 is 5.97 Å². The van der Waals surface area contributed by atoms with Crippen LogP contribution in [0.4, 0.5) is 0 Å². The highest BCUT2D eigenvalue weighted by Gasteiger charge is 2.41. The summed E-state index contributed by atoms with van der Waals surface area (Å²) in [6.45, 7) is 1.74. The minimum atomic E-state index is -0.793. The third kappa shape index (κ3) is 1.24. The molecule has 2 N–H and O–H groups in total. The van der Waals surface area contributed by atoms with Crippen molar-refractivity contribution in [2.24, 2.45) is 11.3 Å². The van der Waals surface area contributed by atoms with Crippen LogP contribution in [0.2, 0.25) is 0 Å². The van der Waals surface area contributed by atoms with Crippen molar-refractivity contribution >= 4 is 18.1 Å². The van der Waals surface area contributed by atoms with Crippen molar-refractivity contribution in [3.63, 3.8) is 0 Å². The van der Waals surface area contributed by atoms with Crippen LogP contribution in [0, 0.1) is 11.3 Å². The lowest BCUT2D eigenvalue weighted by atomic mass is 9.70. The number of nitrogens with one attached hydrogen (secondary N) is 1. The van der Waals surface area contributed by atoms with E-state index in [2.05, 4.69) is 10.2 Å². The van der Waals surface area contributed by atoms with Gasteiger partial charge in [-0.25, -0.2) is 0 Å². The lowest BCUT2D eigenvalue weighted by Gasteiger charge is -2.31. The van der Waals surface area contributed by atoms with E-state index in [9.17, 15) is 9.90 Å². The number of rotatable bonds is 2. The molecule has 0 saturated carbocycles. The Morgan fingerprint density at radius 2 is 2.41 bits per heavy atom. The van der Waals surface area contributed by atoms with Crippen molar-refractivity contribution in [2.75, 3.05) is 0 Å². The standard InChI is InChI=1S/C13H12N2O2/c1-8(12(16)17)13-4-2-3-10(13)5-11-9(6-13)7-14-15-11/h2-8,15H,1H3,(H,16,17). The van der Waals surface area contributed by atoms with Crippen molar-refractivity contribution in [3.8, 4) is 0 Å². The first kappa shape index (κ1) is 10.1. The van der Waals surface area contributed by atoms with Crippen molar-refractivity contribution in [3.05, 3.63) is 40.6 Å². The highest BCUT2D eigenvalue weighted by atomic mass is 16.4. The molecule has 0 aromatic carbocycles. The Labute approximate surface area is 97.7 Å². The molecule has 0 fully saturated rings. The summed E-state index contributed by atoms with van der Waals surface area (Å²) in [6, 6.07) is 0. The van der Waals surface area contributed by atoms with Crippen molar-refractivity contribution < 1.29 is 9.90 Å². The summed E-state index contributed by atoms with van der Waals surface area (Å²) in [5.41, 5.74) is 0.479. The number of allylic oxidation sites excluding steroid dienone is 4. The van der Waals surface area contributed by atoms with Crippen molar-refractivity contribution in [1.29, 1.82) is 0 Å². The maximum atomic E-state index is 11.3. The first-order valence-corrected chi connectivity index (χ1v) is 5.50. The van der Waals surface area contributed by atoms with Gasteiger partial charge in [0.15, 0.2) is 0 Å². The van der Waals surface area contributed by atoms with Gasteiger partial charge in [0.25, 0.3) is 0 Å². The Kier molecular flexibility index (Phi) is 1.90. The number of hydrogen-bond donors (Lipinski definition) is 2. The first-order valence-electron chi connectivity index (χ1n) is 5.50. The van der Waals surface area contributed by atoms with Crippen molar-refractivity contribution in [1.82, 2.24) is 10.2 Å².